The van der Waals surface area contributed by atoms with Crippen molar-refractivity contribution in [3.05, 3.63) is 22.4 Å². The summed E-state index contributed by atoms with van der Waals surface area (Å²) in [6, 6.07) is 3.92. The molecule has 3 N–H and O–H groups in total. The molecule has 1 rings (SSSR count). The first-order chi connectivity index (χ1) is 6.31. The first-order valence-corrected chi connectivity index (χ1v) is 6.55. The lowest BCUT2D eigenvalue weighted by Crippen LogP contribution is -2.39. The summed E-state index contributed by atoms with van der Waals surface area (Å²) < 4.78 is 23.7. The first kappa shape index (κ1) is 11.6. The van der Waals surface area contributed by atoms with Gasteiger partial charge in [-0.3, -0.25) is 0 Å². The Morgan fingerprint density at radius 3 is 2.64 bits per heavy atom. The van der Waals surface area contributed by atoms with Crippen molar-refractivity contribution in [2.45, 2.75) is 19.3 Å². The monoisotopic (exact) mass is 234 g/mol. The molecule has 0 aliphatic carbocycles. The molecule has 1 aromatic heterocycles. The molecule has 0 spiro atoms. The summed E-state index contributed by atoms with van der Waals surface area (Å²) in [6.45, 7) is 4.25. The summed E-state index contributed by atoms with van der Waals surface area (Å²) in [7, 11) is -3.59. The molecule has 4 nitrogen and oxygen atoms in total. The van der Waals surface area contributed by atoms with Crippen molar-refractivity contribution in [1.29, 1.82) is 0 Å². The van der Waals surface area contributed by atoms with Crippen LogP contribution in [0.2, 0.25) is 0 Å². The number of nitrogens with two attached hydrogens (primary N) is 1. The van der Waals surface area contributed by atoms with Crippen molar-refractivity contribution in [2.75, 3.05) is 6.54 Å². The third kappa shape index (κ3) is 3.38. The van der Waals surface area contributed by atoms with Gasteiger partial charge in [0.15, 0.2) is 0 Å². The molecule has 0 fully saturated rings. The third-order valence-corrected chi connectivity index (χ3v) is 3.69. The van der Waals surface area contributed by atoms with Crippen LogP contribution < -0.4 is 9.86 Å². The normalized spacial score (nSPS) is 13.1. The SMILES string of the molecule is CC(C)(CNS(N)(=O)=O)c1cccs1. The second-order valence-electron chi connectivity index (χ2n) is 3.73. The molecular formula is C8H14N2O2S2. The average Bonchev–Trinajstić information content (AvgIpc) is 2.52. The predicted molar refractivity (Wildman–Crippen MR) is 58.5 cm³/mol. The van der Waals surface area contributed by atoms with Crippen LogP contribution in [0.3, 0.4) is 0 Å². The van der Waals surface area contributed by atoms with Crippen molar-refractivity contribution in [3.8, 4) is 0 Å². The van der Waals surface area contributed by atoms with Gasteiger partial charge in [0.1, 0.15) is 0 Å². The highest BCUT2D eigenvalue weighted by molar-refractivity contribution is 7.87. The summed E-state index contributed by atoms with van der Waals surface area (Å²) in [5.74, 6) is 0. The molecule has 0 atom stereocenters. The molecular weight excluding hydrogens is 220 g/mol. The molecule has 0 aliphatic heterocycles. The molecule has 0 aromatic carbocycles. The topological polar surface area (TPSA) is 72.2 Å². The van der Waals surface area contributed by atoms with Gasteiger partial charge in [0.2, 0.25) is 0 Å². The van der Waals surface area contributed by atoms with Crippen LogP contribution in [0.5, 0.6) is 0 Å². The van der Waals surface area contributed by atoms with Crippen LogP contribution in [0.1, 0.15) is 18.7 Å². The number of nitrogens with one attached hydrogen (secondary N) is 1. The number of thiophene rings is 1. The lowest BCUT2D eigenvalue weighted by molar-refractivity contribution is 0.510. The fourth-order valence-electron chi connectivity index (χ4n) is 1.03. The van der Waals surface area contributed by atoms with Crippen LogP contribution in [0.25, 0.3) is 0 Å². The van der Waals surface area contributed by atoms with Crippen LogP contribution in [0.15, 0.2) is 17.5 Å². The van der Waals surface area contributed by atoms with E-state index in [9.17, 15) is 8.42 Å². The van der Waals surface area contributed by atoms with Gasteiger partial charge in [-0.2, -0.15) is 8.42 Å². The third-order valence-electron chi connectivity index (χ3n) is 1.90. The molecule has 14 heavy (non-hydrogen) atoms. The maximum Gasteiger partial charge on any atom is 0.274 e. The molecule has 0 saturated carbocycles. The van der Waals surface area contributed by atoms with Crippen LogP contribution in [-0.4, -0.2) is 15.0 Å². The van der Waals surface area contributed by atoms with Gasteiger partial charge < -0.3 is 0 Å². The van der Waals surface area contributed by atoms with E-state index in [4.69, 9.17) is 5.14 Å². The maximum atomic E-state index is 10.7. The van der Waals surface area contributed by atoms with Crippen molar-refractivity contribution in [2.24, 2.45) is 5.14 Å². The molecule has 6 heteroatoms. The van der Waals surface area contributed by atoms with E-state index in [1.54, 1.807) is 11.3 Å². The van der Waals surface area contributed by atoms with E-state index in [0.29, 0.717) is 6.54 Å². The van der Waals surface area contributed by atoms with E-state index in [1.807, 2.05) is 31.4 Å². The minimum Gasteiger partial charge on any atom is -0.216 e. The molecule has 0 aliphatic rings. The summed E-state index contributed by atoms with van der Waals surface area (Å²) in [6.07, 6.45) is 0. The van der Waals surface area contributed by atoms with Gasteiger partial charge in [-0.1, -0.05) is 19.9 Å². The molecule has 0 unspecified atom stereocenters. The van der Waals surface area contributed by atoms with Gasteiger partial charge in [0, 0.05) is 16.8 Å². The smallest absolute Gasteiger partial charge is 0.216 e. The van der Waals surface area contributed by atoms with Crippen LogP contribution in [-0.2, 0) is 15.6 Å². The number of hydrogen-bond donors (Lipinski definition) is 2. The minimum atomic E-state index is -3.59. The highest BCUT2D eigenvalue weighted by atomic mass is 32.2. The summed E-state index contributed by atoms with van der Waals surface area (Å²) in [5, 5.41) is 6.83. The van der Waals surface area contributed by atoms with Crippen LogP contribution in [0, 0.1) is 0 Å². The summed E-state index contributed by atoms with van der Waals surface area (Å²) in [4.78, 5) is 1.13. The summed E-state index contributed by atoms with van der Waals surface area (Å²) >= 11 is 1.60. The van der Waals surface area contributed by atoms with E-state index >= 15 is 0 Å². The Kier molecular flexibility index (Phi) is 3.31. The van der Waals surface area contributed by atoms with Crippen LogP contribution >= 0.6 is 11.3 Å². The van der Waals surface area contributed by atoms with Crippen molar-refractivity contribution in [3.63, 3.8) is 0 Å². The molecule has 1 heterocycles. The van der Waals surface area contributed by atoms with E-state index in [-0.39, 0.29) is 5.41 Å². The molecule has 0 radical (unpaired) electrons. The Balaban J connectivity index is 2.69. The zero-order valence-electron chi connectivity index (χ0n) is 8.15. The Morgan fingerprint density at radius 2 is 2.21 bits per heavy atom. The maximum absolute atomic E-state index is 10.7. The highest BCUT2D eigenvalue weighted by Gasteiger charge is 2.22. The Labute approximate surface area is 88.3 Å². The number of rotatable bonds is 4. The lowest BCUT2D eigenvalue weighted by Gasteiger charge is -2.22. The standard InChI is InChI=1S/C8H14N2O2S2/c1-8(2,6-10-14(9,11)12)7-4-3-5-13-7/h3-5,10H,6H2,1-2H3,(H2,9,11,12). The predicted octanol–water partition coefficient (Wildman–Crippen LogP) is 0.819. The second kappa shape index (κ2) is 3.98. The van der Waals surface area contributed by atoms with E-state index in [0.717, 1.165) is 4.88 Å². The Bertz CT molecular complexity index is 381. The van der Waals surface area contributed by atoms with E-state index < -0.39 is 10.2 Å². The van der Waals surface area contributed by atoms with E-state index in [1.165, 1.54) is 0 Å². The highest BCUT2D eigenvalue weighted by Crippen LogP contribution is 2.26. The van der Waals surface area contributed by atoms with Crippen LogP contribution in [0.4, 0.5) is 0 Å². The zero-order valence-corrected chi connectivity index (χ0v) is 9.78. The molecule has 0 saturated heterocycles. The van der Waals surface area contributed by atoms with Gasteiger partial charge in [-0.05, 0) is 11.4 Å². The molecule has 0 bridgehead atoms. The van der Waals surface area contributed by atoms with Gasteiger partial charge in [0.05, 0.1) is 0 Å². The zero-order chi connectivity index (χ0) is 10.8. The van der Waals surface area contributed by atoms with E-state index in [2.05, 4.69) is 4.72 Å². The fraction of sp³-hybridized carbons (Fsp3) is 0.500. The minimum absolute atomic E-state index is 0.222. The van der Waals surface area contributed by atoms with Crippen molar-refractivity contribution >= 4 is 21.5 Å². The Hall–Kier alpha value is -0.430. The molecule has 80 valence electrons. The second-order valence-corrected chi connectivity index (χ2v) is 6.05. The summed E-state index contributed by atoms with van der Waals surface area (Å²) in [5.41, 5.74) is -0.222. The quantitative estimate of drug-likeness (QED) is 0.809. The van der Waals surface area contributed by atoms with Gasteiger partial charge >= 0.3 is 0 Å². The number of hydrogen-bond acceptors (Lipinski definition) is 3. The molecule has 1 aromatic rings. The fourth-order valence-corrected chi connectivity index (χ4v) is 2.45. The van der Waals surface area contributed by atoms with Gasteiger partial charge in [-0.25, -0.2) is 9.86 Å². The lowest BCUT2D eigenvalue weighted by atomic mass is 9.92. The van der Waals surface area contributed by atoms with Crippen molar-refractivity contribution < 1.29 is 8.42 Å². The van der Waals surface area contributed by atoms with Gasteiger partial charge in [0.25, 0.3) is 10.2 Å². The largest absolute Gasteiger partial charge is 0.274 e. The van der Waals surface area contributed by atoms with Crippen molar-refractivity contribution in [1.82, 2.24) is 4.72 Å². The Morgan fingerprint density at radius 1 is 1.57 bits per heavy atom. The first-order valence-electron chi connectivity index (χ1n) is 4.13. The van der Waals surface area contributed by atoms with Gasteiger partial charge in [-0.15, -0.1) is 11.3 Å². The average molecular weight is 234 g/mol. The molecule has 0 amide bonds.